The van der Waals surface area contributed by atoms with Crippen molar-refractivity contribution in [3.63, 3.8) is 0 Å². The summed E-state index contributed by atoms with van der Waals surface area (Å²) in [4.78, 5) is 104. The number of aromatic amines is 1. The SMILES string of the molecule is CCOc1cc(OC)ccc1CN(CC(=O)N1CCCC(c2cccc(C(=O)NCCCCCC(=O)N3CCN(CC[C@H](NC(=O)C4(NC(=O)OC(C)(C)C)CCN(c5ncnc6[nH]ccc56)CC4)c4ccc(Cl)cc4)CC3)c2)C1)C(=O)OC(C)(C)C. The first-order valence-electron chi connectivity index (χ1n) is 30.6. The predicted octanol–water partition coefficient (Wildman–Crippen LogP) is 9.41. The molecule has 0 radical (unpaired) electrons. The van der Waals surface area contributed by atoms with Crippen LogP contribution in [0.2, 0.25) is 5.02 Å². The van der Waals surface area contributed by atoms with E-state index >= 15 is 0 Å². The molecule has 3 fully saturated rings. The molecule has 87 heavy (non-hydrogen) atoms. The van der Waals surface area contributed by atoms with Gasteiger partial charge in [0.1, 0.15) is 52.6 Å². The van der Waals surface area contributed by atoms with E-state index in [1.54, 1.807) is 71.8 Å². The lowest BCUT2D eigenvalue weighted by atomic mass is 9.85. The molecule has 0 spiro atoms. The summed E-state index contributed by atoms with van der Waals surface area (Å²) in [6, 6.07) is 22.0. The van der Waals surface area contributed by atoms with Crippen LogP contribution in [0.3, 0.4) is 0 Å². The third kappa shape index (κ3) is 18.4. The Bertz CT molecular complexity index is 3150. The minimum atomic E-state index is -1.26. The maximum Gasteiger partial charge on any atom is 0.411 e. The Kier molecular flexibility index (Phi) is 22.4. The number of carbonyl (C=O) groups is 6. The van der Waals surface area contributed by atoms with Gasteiger partial charge in [0.05, 0.1) is 31.7 Å². The van der Waals surface area contributed by atoms with E-state index in [9.17, 15) is 28.8 Å². The number of nitrogens with zero attached hydrogens (tertiary/aromatic N) is 7. The van der Waals surface area contributed by atoms with Crippen LogP contribution in [0.5, 0.6) is 11.5 Å². The van der Waals surface area contributed by atoms with E-state index in [1.165, 1.54) is 11.2 Å². The van der Waals surface area contributed by atoms with Gasteiger partial charge in [-0.1, -0.05) is 42.3 Å². The van der Waals surface area contributed by atoms with Crippen molar-refractivity contribution in [2.24, 2.45) is 0 Å². The quantitative estimate of drug-likeness (QED) is 0.0447. The number of unbranched alkanes of at least 4 members (excludes halogenated alkanes) is 2. The molecule has 0 saturated carbocycles. The lowest BCUT2D eigenvalue weighted by molar-refractivity contribution is -0.134. The molecule has 3 aliphatic rings. The van der Waals surface area contributed by atoms with E-state index in [4.69, 9.17) is 30.5 Å². The van der Waals surface area contributed by atoms with Crippen molar-refractivity contribution in [2.45, 2.75) is 141 Å². The smallest absolute Gasteiger partial charge is 0.411 e. The van der Waals surface area contributed by atoms with Gasteiger partial charge in [0.2, 0.25) is 17.7 Å². The van der Waals surface area contributed by atoms with Crippen LogP contribution >= 0.6 is 11.6 Å². The summed E-state index contributed by atoms with van der Waals surface area (Å²) >= 11 is 6.34. The van der Waals surface area contributed by atoms with E-state index < -0.39 is 35.0 Å². The van der Waals surface area contributed by atoms with Gasteiger partial charge in [-0.25, -0.2) is 19.6 Å². The summed E-state index contributed by atoms with van der Waals surface area (Å²) in [5.41, 5.74) is 1.04. The molecule has 3 aromatic carbocycles. The predicted molar refractivity (Wildman–Crippen MR) is 334 cm³/mol. The molecule has 1 unspecified atom stereocenters. The summed E-state index contributed by atoms with van der Waals surface area (Å²) in [5, 5.41) is 10.8. The molecule has 3 saturated heterocycles. The number of methoxy groups -OCH3 is 1. The summed E-state index contributed by atoms with van der Waals surface area (Å²) in [6.45, 7) is 18.6. The highest BCUT2D eigenvalue weighted by atomic mass is 35.5. The van der Waals surface area contributed by atoms with E-state index in [2.05, 4.69) is 40.7 Å². The first kappa shape index (κ1) is 65.3. The van der Waals surface area contributed by atoms with Crippen LogP contribution in [0.1, 0.15) is 145 Å². The van der Waals surface area contributed by atoms with Gasteiger partial charge in [-0.05, 0) is 147 Å². The molecular weight excluding hydrogens is 1130 g/mol. The largest absolute Gasteiger partial charge is 0.497 e. The molecule has 6 amide bonds. The van der Waals surface area contributed by atoms with Gasteiger partial charge in [0.15, 0.2) is 0 Å². The Morgan fingerprint density at radius 3 is 2.29 bits per heavy atom. The average molecular weight is 1220 g/mol. The van der Waals surface area contributed by atoms with Gasteiger partial charge in [-0.2, -0.15) is 0 Å². The van der Waals surface area contributed by atoms with Gasteiger partial charge in [-0.3, -0.25) is 29.0 Å². The maximum atomic E-state index is 14.7. The van der Waals surface area contributed by atoms with Crippen molar-refractivity contribution in [2.75, 3.05) is 90.6 Å². The Hall–Kier alpha value is -7.65. The molecule has 5 heterocycles. The number of nitrogens with one attached hydrogen (secondary N) is 4. The Balaban J connectivity index is 0.772. The summed E-state index contributed by atoms with van der Waals surface area (Å²) in [5.74, 6) is 1.39. The first-order chi connectivity index (χ1) is 41.6. The molecule has 4 N–H and O–H groups in total. The molecule has 2 aromatic heterocycles. The number of hydrogen-bond donors (Lipinski definition) is 4. The lowest BCUT2D eigenvalue weighted by Gasteiger charge is -2.42. The Morgan fingerprint density at radius 1 is 0.828 bits per heavy atom. The number of aromatic nitrogens is 3. The van der Waals surface area contributed by atoms with E-state index in [0.717, 1.165) is 59.2 Å². The highest BCUT2D eigenvalue weighted by Crippen LogP contribution is 2.33. The van der Waals surface area contributed by atoms with Crippen LogP contribution in [-0.2, 0) is 30.4 Å². The summed E-state index contributed by atoms with van der Waals surface area (Å²) in [6.07, 6.45) is 7.52. The first-order valence-corrected chi connectivity index (χ1v) is 31.0. The van der Waals surface area contributed by atoms with Crippen LogP contribution < -0.4 is 30.3 Å². The molecule has 0 aliphatic carbocycles. The topological polar surface area (TPSA) is 233 Å². The fourth-order valence-corrected chi connectivity index (χ4v) is 11.6. The number of rotatable bonds is 23. The highest BCUT2D eigenvalue weighted by molar-refractivity contribution is 6.30. The fraction of sp³-hybridized carbons (Fsp3) is 0.538. The molecule has 22 heteroatoms. The zero-order chi connectivity index (χ0) is 62.3. The Labute approximate surface area is 516 Å². The molecule has 470 valence electrons. The average Bonchev–Trinajstić information content (AvgIpc) is 2.11. The number of piperazine rings is 1. The van der Waals surface area contributed by atoms with Crippen LogP contribution in [0.15, 0.2) is 85.3 Å². The molecule has 8 rings (SSSR count). The second-order valence-corrected chi connectivity index (χ2v) is 25.3. The van der Waals surface area contributed by atoms with Crippen LogP contribution in [0.4, 0.5) is 15.4 Å². The lowest BCUT2D eigenvalue weighted by Crippen LogP contribution is -2.64. The van der Waals surface area contributed by atoms with Crippen LogP contribution in [-0.4, -0.2) is 173 Å². The molecule has 0 bridgehead atoms. The van der Waals surface area contributed by atoms with Crippen molar-refractivity contribution >= 4 is 64.3 Å². The summed E-state index contributed by atoms with van der Waals surface area (Å²) < 4.78 is 22.7. The maximum absolute atomic E-state index is 14.7. The minimum absolute atomic E-state index is 0.00385. The number of benzene rings is 3. The number of carbonyl (C=O) groups excluding carboxylic acids is 6. The number of fused-ring (bicyclic) bond motifs is 1. The number of hydrogen-bond acceptors (Lipinski definition) is 14. The molecular formula is C65H88ClN11O10. The molecule has 21 nitrogen and oxygen atoms in total. The van der Waals surface area contributed by atoms with Crippen molar-refractivity contribution in [3.05, 3.63) is 113 Å². The third-order valence-electron chi connectivity index (χ3n) is 16.1. The standard InChI is InChI=1S/C65H88ClN11O10/c1-9-85-54-40-51(84-8)24-21-49(54)42-77(62(83)87-64(5,6)7)43-56(79)76-31-14-17-48(41-76)46-15-13-16-47(39-46)59(80)68-29-12-10-11-18-55(78)74-37-35-73(36-38-74)32-26-53(45-19-22-50(66)23-20-45)71-60(81)65(72-61(82)86-63(2,3)4)27-33-75(34-28-65)58-52-25-30-67-57(52)69-44-70-58/h13,15-16,19-25,30,39-40,44,48,53H,9-12,14,17-18,26-29,31-38,41-43H2,1-8H3,(H,68,80)(H,71,81)(H,72,82)(H,67,69,70)/t48?,53-/m0/s1. The second-order valence-electron chi connectivity index (χ2n) is 24.8. The van der Waals surface area contributed by atoms with Gasteiger partial charge in [0, 0.05) is 106 Å². The zero-order valence-electron chi connectivity index (χ0n) is 51.9. The highest BCUT2D eigenvalue weighted by Gasteiger charge is 2.45. The van der Waals surface area contributed by atoms with Crippen LogP contribution in [0.25, 0.3) is 11.0 Å². The van der Waals surface area contributed by atoms with Crippen molar-refractivity contribution in [1.82, 2.24) is 50.5 Å². The minimum Gasteiger partial charge on any atom is -0.497 e. The van der Waals surface area contributed by atoms with Gasteiger partial charge in [-0.15, -0.1) is 0 Å². The number of halogens is 1. The number of ether oxygens (including phenoxy) is 4. The van der Waals surface area contributed by atoms with Gasteiger partial charge < -0.3 is 54.6 Å². The molecule has 5 aromatic rings. The summed E-state index contributed by atoms with van der Waals surface area (Å²) in [7, 11) is 1.57. The van der Waals surface area contributed by atoms with E-state index in [1.807, 2.05) is 72.6 Å². The second kappa shape index (κ2) is 29.8. The number of alkyl carbamates (subject to hydrolysis) is 1. The number of anilines is 1. The normalized spacial score (nSPS) is 16.8. The monoisotopic (exact) mass is 1220 g/mol. The van der Waals surface area contributed by atoms with Crippen molar-refractivity contribution in [3.8, 4) is 11.5 Å². The van der Waals surface area contributed by atoms with E-state index in [0.29, 0.717) is 126 Å². The van der Waals surface area contributed by atoms with Crippen LogP contribution in [0, 0.1) is 0 Å². The number of amides is 6. The third-order valence-corrected chi connectivity index (χ3v) is 16.4. The number of piperidine rings is 2. The molecule has 3 aliphatic heterocycles. The number of H-pyrrole nitrogens is 1. The molecule has 2 atom stereocenters. The van der Waals surface area contributed by atoms with E-state index in [-0.39, 0.29) is 42.6 Å². The van der Waals surface area contributed by atoms with Crippen molar-refractivity contribution < 1.29 is 47.7 Å². The fourth-order valence-electron chi connectivity index (χ4n) is 11.5. The van der Waals surface area contributed by atoms with Gasteiger partial charge >= 0.3 is 12.2 Å². The van der Waals surface area contributed by atoms with Gasteiger partial charge in [0.25, 0.3) is 5.91 Å². The zero-order valence-corrected chi connectivity index (χ0v) is 52.6. The Morgan fingerprint density at radius 2 is 1.57 bits per heavy atom. The number of likely N-dealkylation sites (tertiary alicyclic amines) is 1. The van der Waals surface area contributed by atoms with Crippen molar-refractivity contribution in [1.29, 1.82) is 0 Å².